The van der Waals surface area contributed by atoms with Crippen LogP contribution in [0.25, 0.3) is 0 Å². The number of benzene rings is 1. The van der Waals surface area contributed by atoms with Crippen molar-refractivity contribution < 1.29 is 15.3 Å². The largest absolute Gasteiger partial charge is 0.508 e. The number of aliphatic hydroxyl groups is 1. The molecule has 0 radical (unpaired) electrons. The maximum absolute atomic E-state index is 10.5. The number of phenolic OH excluding ortho intramolecular Hbond substituents is 2. The predicted molar refractivity (Wildman–Crippen MR) is 86.9 cm³/mol. The Morgan fingerprint density at radius 2 is 1.76 bits per heavy atom. The van der Waals surface area contributed by atoms with Crippen LogP contribution in [0.2, 0.25) is 0 Å². The van der Waals surface area contributed by atoms with Crippen LogP contribution in [0.4, 0.5) is 0 Å². The van der Waals surface area contributed by atoms with Gasteiger partial charge in [0.1, 0.15) is 11.5 Å². The van der Waals surface area contributed by atoms with Crippen molar-refractivity contribution in [3.63, 3.8) is 0 Å². The second kappa shape index (κ2) is 7.17. The first-order chi connectivity index (χ1) is 9.64. The van der Waals surface area contributed by atoms with Crippen LogP contribution in [-0.2, 0) is 6.42 Å². The molecule has 0 spiro atoms. The Morgan fingerprint density at radius 1 is 1.14 bits per heavy atom. The molecule has 3 heteroatoms. The summed E-state index contributed by atoms with van der Waals surface area (Å²) in [5.74, 6) is 1.10. The minimum atomic E-state index is -0.729. The Balaban J connectivity index is 2.70. The molecule has 1 rings (SSSR count). The highest BCUT2D eigenvalue weighted by molar-refractivity contribution is 5.51. The van der Waals surface area contributed by atoms with Gasteiger partial charge in [-0.15, -0.1) is 0 Å². The van der Waals surface area contributed by atoms with E-state index >= 15 is 0 Å². The summed E-state index contributed by atoms with van der Waals surface area (Å²) in [6.45, 7) is 9.81. The van der Waals surface area contributed by atoms with Gasteiger partial charge in [0.2, 0.25) is 0 Å². The average Bonchev–Trinajstić information content (AvgIpc) is 2.35. The minimum Gasteiger partial charge on any atom is -0.508 e. The van der Waals surface area contributed by atoms with Crippen LogP contribution in [0.3, 0.4) is 0 Å². The summed E-state index contributed by atoms with van der Waals surface area (Å²) in [5.41, 5.74) is 1.40. The zero-order valence-corrected chi connectivity index (χ0v) is 14.0. The van der Waals surface area contributed by atoms with E-state index in [0.717, 1.165) is 24.8 Å². The van der Waals surface area contributed by atoms with Crippen molar-refractivity contribution in [1.29, 1.82) is 0 Å². The lowest BCUT2D eigenvalue weighted by molar-refractivity contribution is 0.0387. The molecule has 1 atom stereocenters. The molecule has 1 unspecified atom stereocenters. The van der Waals surface area contributed by atoms with E-state index in [1.54, 1.807) is 19.9 Å². The van der Waals surface area contributed by atoms with Crippen LogP contribution in [0.15, 0.2) is 6.07 Å². The van der Waals surface area contributed by atoms with E-state index in [9.17, 15) is 15.3 Å². The lowest BCUT2D eigenvalue weighted by Crippen LogP contribution is -2.25. The van der Waals surface area contributed by atoms with Gasteiger partial charge in [-0.1, -0.05) is 26.7 Å². The first-order valence-corrected chi connectivity index (χ1v) is 7.87. The van der Waals surface area contributed by atoms with Crippen molar-refractivity contribution in [3.8, 4) is 11.5 Å². The molecule has 0 aromatic heterocycles. The third-order valence-corrected chi connectivity index (χ3v) is 4.26. The molecule has 1 aromatic rings. The van der Waals surface area contributed by atoms with Gasteiger partial charge >= 0.3 is 0 Å². The lowest BCUT2D eigenvalue weighted by Gasteiger charge is -2.24. The van der Waals surface area contributed by atoms with Crippen LogP contribution >= 0.6 is 0 Å². The highest BCUT2D eigenvalue weighted by Gasteiger charge is 2.22. The molecule has 21 heavy (non-hydrogen) atoms. The second-order valence-corrected chi connectivity index (χ2v) is 6.95. The maximum Gasteiger partial charge on any atom is 0.122 e. The Labute approximate surface area is 128 Å². The van der Waals surface area contributed by atoms with E-state index in [2.05, 4.69) is 13.8 Å². The molecule has 3 nitrogen and oxygen atoms in total. The standard InChI is InChI=1S/C18H30O3/c1-12(2)7-6-9-18(5,21)10-8-15-14(4)16(19)11-13(3)17(15)20/h11-12,19-21H,6-10H2,1-5H3. The Hall–Kier alpha value is -1.22. The molecule has 0 saturated heterocycles. The van der Waals surface area contributed by atoms with E-state index in [1.165, 1.54) is 0 Å². The molecule has 0 heterocycles. The van der Waals surface area contributed by atoms with E-state index < -0.39 is 5.60 Å². The van der Waals surface area contributed by atoms with Gasteiger partial charge in [-0.05, 0) is 63.1 Å². The fraction of sp³-hybridized carbons (Fsp3) is 0.667. The summed E-state index contributed by atoms with van der Waals surface area (Å²) in [4.78, 5) is 0. The minimum absolute atomic E-state index is 0.208. The summed E-state index contributed by atoms with van der Waals surface area (Å²) in [6, 6.07) is 1.58. The highest BCUT2D eigenvalue weighted by Crippen LogP contribution is 2.34. The Morgan fingerprint density at radius 3 is 2.33 bits per heavy atom. The summed E-state index contributed by atoms with van der Waals surface area (Å²) in [5, 5.41) is 30.5. The van der Waals surface area contributed by atoms with Crippen LogP contribution in [0, 0.1) is 19.8 Å². The molecule has 0 amide bonds. The zero-order chi connectivity index (χ0) is 16.2. The van der Waals surface area contributed by atoms with E-state index in [-0.39, 0.29) is 11.5 Å². The molecule has 0 aliphatic heterocycles. The molecule has 0 aliphatic carbocycles. The average molecular weight is 294 g/mol. The predicted octanol–water partition coefficient (Wildman–Crippen LogP) is 4.22. The molecule has 0 fully saturated rings. The Kier molecular flexibility index (Phi) is 6.09. The third kappa shape index (κ3) is 5.24. The van der Waals surface area contributed by atoms with Crippen LogP contribution in [-0.4, -0.2) is 20.9 Å². The normalized spacial score (nSPS) is 14.4. The molecule has 0 aliphatic rings. The molecular weight excluding hydrogens is 264 g/mol. The fourth-order valence-corrected chi connectivity index (χ4v) is 2.67. The number of aromatic hydroxyl groups is 2. The summed E-state index contributed by atoms with van der Waals surface area (Å²) in [7, 11) is 0. The molecule has 120 valence electrons. The number of aryl methyl sites for hydroxylation is 1. The number of hydrogen-bond donors (Lipinski definition) is 3. The molecular formula is C18H30O3. The monoisotopic (exact) mass is 294 g/mol. The third-order valence-electron chi connectivity index (χ3n) is 4.26. The van der Waals surface area contributed by atoms with Crippen LogP contribution in [0.1, 0.15) is 63.1 Å². The molecule has 0 saturated carbocycles. The van der Waals surface area contributed by atoms with Gasteiger partial charge in [0.05, 0.1) is 5.60 Å². The molecule has 0 bridgehead atoms. The van der Waals surface area contributed by atoms with Gasteiger partial charge in [0.15, 0.2) is 0 Å². The van der Waals surface area contributed by atoms with Gasteiger partial charge in [-0.25, -0.2) is 0 Å². The summed E-state index contributed by atoms with van der Waals surface area (Å²) < 4.78 is 0. The fourth-order valence-electron chi connectivity index (χ4n) is 2.67. The second-order valence-electron chi connectivity index (χ2n) is 6.95. The molecule has 1 aromatic carbocycles. The smallest absolute Gasteiger partial charge is 0.122 e. The summed E-state index contributed by atoms with van der Waals surface area (Å²) in [6.07, 6.45) is 4.05. The van der Waals surface area contributed by atoms with E-state index in [4.69, 9.17) is 0 Å². The van der Waals surface area contributed by atoms with Crippen molar-refractivity contribution in [2.75, 3.05) is 0 Å². The number of rotatable bonds is 7. The van der Waals surface area contributed by atoms with Crippen molar-refractivity contribution >= 4 is 0 Å². The van der Waals surface area contributed by atoms with Gasteiger partial charge < -0.3 is 15.3 Å². The number of phenols is 2. The van der Waals surface area contributed by atoms with E-state index in [1.807, 2.05) is 6.92 Å². The summed E-state index contributed by atoms with van der Waals surface area (Å²) >= 11 is 0. The topological polar surface area (TPSA) is 60.7 Å². The van der Waals surface area contributed by atoms with Crippen molar-refractivity contribution in [1.82, 2.24) is 0 Å². The first kappa shape index (κ1) is 17.8. The lowest BCUT2D eigenvalue weighted by atomic mass is 9.88. The van der Waals surface area contributed by atoms with Crippen LogP contribution < -0.4 is 0 Å². The van der Waals surface area contributed by atoms with E-state index in [0.29, 0.717) is 29.9 Å². The van der Waals surface area contributed by atoms with Gasteiger partial charge in [-0.2, -0.15) is 0 Å². The van der Waals surface area contributed by atoms with Crippen LogP contribution in [0.5, 0.6) is 11.5 Å². The van der Waals surface area contributed by atoms with Gasteiger partial charge in [-0.3, -0.25) is 0 Å². The quantitative estimate of drug-likeness (QED) is 0.660. The zero-order valence-electron chi connectivity index (χ0n) is 14.0. The highest BCUT2D eigenvalue weighted by atomic mass is 16.3. The van der Waals surface area contributed by atoms with Crippen molar-refractivity contribution in [3.05, 3.63) is 22.8 Å². The van der Waals surface area contributed by atoms with Crippen molar-refractivity contribution in [2.45, 2.75) is 72.3 Å². The first-order valence-electron chi connectivity index (χ1n) is 7.87. The number of hydrogen-bond acceptors (Lipinski definition) is 3. The van der Waals surface area contributed by atoms with Crippen molar-refractivity contribution in [2.24, 2.45) is 5.92 Å². The van der Waals surface area contributed by atoms with Gasteiger partial charge in [0.25, 0.3) is 0 Å². The van der Waals surface area contributed by atoms with Gasteiger partial charge in [0, 0.05) is 5.56 Å². The SMILES string of the molecule is Cc1cc(O)c(C)c(CCC(C)(O)CCCC(C)C)c1O. The molecule has 3 N–H and O–H groups in total. The maximum atomic E-state index is 10.5. The Bertz CT molecular complexity index is 450.